The fourth-order valence-corrected chi connectivity index (χ4v) is 2.02. The van der Waals surface area contributed by atoms with E-state index < -0.39 is 0 Å². The van der Waals surface area contributed by atoms with Crippen LogP contribution >= 0.6 is 11.6 Å². The Morgan fingerprint density at radius 2 is 1.95 bits per heavy atom. The maximum Gasteiger partial charge on any atom is 0.232 e. The third-order valence-electron chi connectivity index (χ3n) is 2.92. The number of hydrogen-bond acceptors (Lipinski definition) is 5. The van der Waals surface area contributed by atoms with Crippen LogP contribution in [0, 0.1) is 0 Å². The van der Waals surface area contributed by atoms with Crippen molar-refractivity contribution < 1.29 is 0 Å². The zero-order valence-electron chi connectivity index (χ0n) is 11.1. The van der Waals surface area contributed by atoms with Gasteiger partial charge in [-0.25, -0.2) is 15.0 Å². The summed E-state index contributed by atoms with van der Waals surface area (Å²) in [5, 5.41) is 3.13. The Labute approximate surface area is 126 Å². The summed E-state index contributed by atoms with van der Waals surface area (Å²) < 4.78 is 2.01. The summed E-state index contributed by atoms with van der Waals surface area (Å²) in [5.41, 5.74) is 1.30. The molecule has 7 heteroatoms. The molecule has 1 aromatic carbocycles. The first-order chi connectivity index (χ1) is 10.3. The van der Waals surface area contributed by atoms with E-state index in [9.17, 15) is 0 Å². The number of imidazole rings is 1. The van der Waals surface area contributed by atoms with Gasteiger partial charge in [-0.1, -0.05) is 30.3 Å². The van der Waals surface area contributed by atoms with Crippen molar-refractivity contribution in [2.75, 3.05) is 5.32 Å². The van der Waals surface area contributed by atoms with E-state index in [1.54, 1.807) is 6.33 Å². The van der Waals surface area contributed by atoms with E-state index in [2.05, 4.69) is 37.4 Å². The molecular weight excluding hydrogens is 288 g/mol. The first kappa shape index (κ1) is 13.5. The molecule has 0 saturated heterocycles. The van der Waals surface area contributed by atoms with Gasteiger partial charge in [0.05, 0.1) is 6.33 Å². The van der Waals surface area contributed by atoms with E-state index in [1.807, 2.05) is 29.0 Å². The lowest BCUT2D eigenvalue weighted by molar-refractivity contribution is 0.696. The molecule has 3 aromatic rings. The van der Waals surface area contributed by atoms with E-state index in [1.165, 1.54) is 11.9 Å². The van der Waals surface area contributed by atoms with Crippen LogP contribution in [0.15, 0.2) is 49.2 Å². The quantitative estimate of drug-likeness (QED) is 0.784. The molecule has 2 heterocycles. The molecule has 1 N–H and O–H groups in total. The van der Waals surface area contributed by atoms with Crippen LogP contribution in [0.1, 0.15) is 5.56 Å². The minimum absolute atomic E-state index is 0.149. The fourth-order valence-electron chi connectivity index (χ4n) is 1.90. The van der Waals surface area contributed by atoms with Gasteiger partial charge in [-0.2, -0.15) is 4.98 Å². The largest absolute Gasteiger partial charge is 0.335 e. The Morgan fingerprint density at radius 1 is 1.10 bits per heavy atom. The molecule has 0 aliphatic carbocycles. The number of rotatable bonds is 5. The second-order valence-corrected chi connectivity index (χ2v) is 4.77. The van der Waals surface area contributed by atoms with Gasteiger partial charge in [0.15, 0.2) is 5.82 Å². The summed E-state index contributed by atoms with van der Waals surface area (Å²) in [6, 6.07) is 10.3. The van der Waals surface area contributed by atoms with Crippen LogP contribution in [0.4, 0.5) is 11.8 Å². The smallest absolute Gasteiger partial charge is 0.232 e. The van der Waals surface area contributed by atoms with Crippen LogP contribution in [-0.4, -0.2) is 24.5 Å². The average Bonchev–Trinajstić information content (AvgIpc) is 2.94. The van der Waals surface area contributed by atoms with Crippen molar-refractivity contribution in [1.82, 2.24) is 24.5 Å². The molecule has 0 amide bonds. The number of anilines is 2. The third-order valence-corrected chi connectivity index (χ3v) is 3.10. The summed E-state index contributed by atoms with van der Waals surface area (Å²) in [4.78, 5) is 15.9. The molecule has 0 atom stereocenters. The van der Waals surface area contributed by atoms with Gasteiger partial charge in [0.2, 0.25) is 11.2 Å². The van der Waals surface area contributed by atoms with Gasteiger partial charge in [-0.15, -0.1) is 0 Å². The van der Waals surface area contributed by atoms with Gasteiger partial charge in [-0.05, 0) is 23.6 Å². The molecule has 0 spiro atoms. The summed E-state index contributed by atoms with van der Waals surface area (Å²) in [6.45, 7) is 0.858. The fraction of sp³-hybridized carbons (Fsp3) is 0.143. The second kappa shape index (κ2) is 6.32. The van der Waals surface area contributed by atoms with E-state index in [0.717, 1.165) is 13.0 Å². The SMILES string of the molecule is Clc1ncnc(Nc2cn(CCc3ccccc3)cn2)n1. The predicted molar refractivity (Wildman–Crippen MR) is 80.5 cm³/mol. The Bertz CT molecular complexity index is 712. The van der Waals surface area contributed by atoms with Crippen molar-refractivity contribution >= 4 is 23.4 Å². The second-order valence-electron chi connectivity index (χ2n) is 4.44. The monoisotopic (exact) mass is 300 g/mol. The summed E-state index contributed by atoms with van der Waals surface area (Å²) in [6.07, 6.45) is 5.98. The molecule has 6 nitrogen and oxygen atoms in total. The summed E-state index contributed by atoms with van der Waals surface area (Å²) >= 11 is 5.71. The molecule has 21 heavy (non-hydrogen) atoms. The number of hydrogen-bond donors (Lipinski definition) is 1. The Balaban J connectivity index is 1.61. The van der Waals surface area contributed by atoms with Gasteiger partial charge < -0.3 is 9.88 Å². The van der Waals surface area contributed by atoms with Gasteiger partial charge in [0, 0.05) is 12.7 Å². The van der Waals surface area contributed by atoms with Crippen molar-refractivity contribution in [2.45, 2.75) is 13.0 Å². The number of halogens is 1. The van der Waals surface area contributed by atoms with Crippen molar-refractivity contribution in [1.29, 1.82) is 0 Å². The Kier molecular flexibility index (Phi) is 4.07. The van der Waals surface area contributed by atoms with Crippen LogP contribution < -0.4 is 5.32 Å². The molecule has 3 rings (SSSR count). The molecule has 0 unspecified atom stereocenters. The molecule has 0 aliphatic rings. The third kappa shape index (κ3) is 3.76. The highest BCUT2D eigenvalue weighted by Crippen LogP contribution is 2.11. The van der Waals surface area contributed by atoms with Crippen molar-refractivity contribution in [2.24, 2.45) is 0 Å². The molecule has 106 valence electrons. The standard InChI is InChI=1S/C14H13ClN6/c15-13-16-9-17-14(20-13)19-12-8-21(10-18-12)7-6-11-4-2-1-3-5-11/h1-5,8-10H,6-7H2,(H,16,17,19,20). The molecular formula is C14H13ClN6. The van der Waals surface area contributed by atoms with Crippen molar-refractivity contribution in [3.05, 3.63) is 60.0 Å². The first-order valence-corrected chi connectivity index (χ1v) is 6.85. The molecule has 0 radical (unpaired) electrons. The van der Waals surface area contributed by atoms with E-state index >= 15 is 0 Å². The summed E-state index contributed by atoms with van der Waals surface area (Å²) in [5.74, 6) is 1.05. The van der Waals surface area contributed by atoms with Crippen molar-refractivity contribution in [3.8, 4) is 0 Å². The number of nitrogens with zero attached hydrogens (tertiary/aromatic N) is 5. The average molecular weight is 301 g/mol. The van der Waals surface area contributed by atoms with Crippen molar-refractivity contribution in [3.63, 3.8) is 0 Å². The molecule has 2 aromatic heterocycles. The number of nitrogens with one attached hydrogen (secondary N) is 1. The predicted octanol–water partition coefficient (Wildman–Crippen LogP) is 2.71. The molecule has 0 bridgehead atoms. The maximum atomic E-state index is 5.71. The van der Waals surface area contributed by atoms with Gasteiger partial charge in [0.25, 0.3) is 0 Å². The normalized spacial score (nSPS) is 10.5. The molecule has 0 saturated carbocycles. The van der Waals surface area contributed by atoms with Gasteiger partial charge in [-0.3, -0.25) is 0 Å². The lowest BCUT2D eigenvalue weighted by Crippen LogP contribution is -1.99. The van der Waals surface area contributed by atoms with Gasteiger partial charge >= 0.3 is 0 Å². The minimum Gasteiger partial charge on any atom is -0.335 e. The lowest BCUT2D eigenvalue weighted by atomic mass is 10.1. The number of benzene rings is 1. The Morgan fingerprint density at radius 3 is 2.76 bits per heavy atom. The molecule has 0 aliphatic heterocycles. The zero-order chi connectivity index (χ0) is 14.5. The van der Waals surface area contributed by atoms with Crippen LogP contribution in [-0.2, 0) is 13.0 Å². The lowest BCUT2D eigenvalue weighted by Gasteiger charge is -2.02. The van der Waals surface area contributed by atoms with E-state index in [0.29, 0.717) is 11.8 Å². The van der Waals surface area contributed by atoms with Crippen LogP contribution in [0.3, 0.4) is 0 Å². The topological polar surface area (TPSA) is 68.5 Å². The number of aryl methyl sites for hydroxylation is 2. The van der Waals surface area contributed by atoms with E-state index in [-0.39, 0.29) is 5.28 Å². The van der Waals surface area contributed by atoms with Crippen LogP contribution in [0.5, 0.6) is 0 Å². The Hall–Kier alpha value is -2.47. The van der Waals surface area contributed by atoms with Crippen LogP contribution in [0.25, 0.3) is 0 Å². The molecule has 0 fully saturated rings. The van der Waals surface area contributed by atoms with Crippen LogP contribution in [0.2, 0.25) is 5.28 Å². The highest BCUT2D eigenvalue weighted by atomic mass is 35.5. The highest BCUT2D eigenvalue weighted by Gasteiger charge is 2.03. The number of aromatic nitrogens is 5. The minimum atomic E-state index is 0.149. The summed E-state index contributed by atoms with van der Waals surface area (Å²) in [7, 11) is 0. The van der Waals surface area contributed by atoms with Gasteiger partial charge in [0.1, 0.15) is 6.33 Å². The maximum absolute atomic E-state index is 5.71. The zero-order valence-corrected chi connectivity index (χ0v) is 11.9. The first-order valence-electron chi connectivity index (χ1n) is 6.47. The highest BCUT2D eigenvalue weighted by molar-refractivity contribution is 6.28. The van der Waals surface area contributed by atoms with E-state index in [4.69, 9.17) is 11.6 Å².